The van der Waals surface area contributed by atoms with E-state index in [1.54, 1.807) is 0 Å². The zero-order chi connectivity index (χ0) is 18.2. The van der Waals surface area contributed by atoms with E-state index in [9.17, 15) is 4.79 Å². The molecule has 0 aromatic rings. The van der Waals surface area contributed by atoms with Crippen LogP contribution in [0.2, 0.25) is 0 Å². The second kappa shape index (κ2) is 6.88. The van der Waals surface area contributed by atoms with Gasteiger partial charge in [0, 0.05) is 5.41 Å². The summed E-state index contributed by atoms with van der Waals surface area (Å²) in [6.07, 6.45) is 8.68. The minimum Gasteiger partial charge on any atom is -0.442 e. The van der Waals surface area contributed by atoms with Crippen LogP contribution >= 0.6 is 0 Å². The van der Waals surface area contributed by atoms with Gasteiger partial charge in [-0.2, -0.15) is 0 Å². The first-order chi connectivity index (χ1) is 11.1. The van der Waals surface area contributed by atoms with Crippen molar-refractivity contribution in [3.63, 3.8) is 0 Å². The highest BCUT2D eigenvalue weighted by atomic mass is 16.6. The van der Waals surface area contributed by atoms with Crippen LogP contribution in [0, 0.1) is 28.6 Å². The number of primary amides is 1. The molecule has 0 radical (unpaired) electrons. The van der Waals surface area contributed by atoms with Crippen LogP contribution in [-0.2, 0) is 4.74 Å². The number of fused-ring (bicyclic) bond motifs is 1. The number of hydrogen-bond donors (Lipinski definition) is 1. The molecule has 140 valence electrons. The lowest BCUT2D eigenvalue weighted by molar-refractivity contribution is -0.211. The van der Waals surface area contributed by atoms with Gasteiger partial charge in [0.05, 0.1) is 0 Å². The highest BCUT2D eigenvalue weighted by Crippen LogP contribution is 2.65. The van der Waals surface area contributed by atoms with Crippen LogP contribution in [-0.4, -0.2) is 11.7 Å². The van der Waals surface area contributed by atoms with Crippen molar-refractivity contribution < 1.29 is 9.53 Å². The molecule has 2 aliphatic rings. The second-order valence-corrected chi connectivity index (χ2v) is 9.65. The maximum absolute atomic E-state index is 11.9. The first kappa shape index (κ1) is 19.6. The molecular formula is C21H39NO2. The molecule has 0 aromatic carbocycles. The average molecular weight is 338 g/mol. The molecule has 3 heteroatoms. The van der Waals surface area contributed by atoms with Crippen molar-refractivity contribution in [2.45, 2.75) is 98.5 Å². The molecule has 24 heavy (non-hydrogen) atoms. The summed E-state index contributed by atoms with van der Waals surface area (Å²) in [5, 5.41) is 0. The molecule has 1 amide bonds. The van der Waals surface area contributed by atoms with Crippen LogP contribution in [0.3, 0.4) is 0 Å². The van der Waals surface area contributed by atoms with Crippen molar-refractivity contribution in [2.75, 3.05) is 0 Å². The number of ether oxygens (including phenoxy) is 1. The molecule has 2 saturated carbocycles. The number of rotatable bonds is 5. The Kier molecular flexibility index (Phi) is 5.62. The highest BCUT2D eigenvalue weighted by molar-refractivity contribution is 5.65. The quantitative estimate of drug-likeness (QED) is 0.678. The molecule has 2 aliphatic carbocycles. The maximum atomic E-state index is 11.9. The van der Waals surface area contributed by atoms with Gasteiger partial charge in [-0.1, -0.05) is 54.4 Å². The van der Waals surface area contributed by atoms with Crippen LogP contribution in [0.1, 0.15) is 92.9 Å². The summed E-state index contributed by atoms with van der Waals surface area (Å²) in [5.41, 5.74) is 5.55. The monoisotopic (exact) mass is 337 g/mol. The highest BCUT2D eigenvalue weighted by Gasteiger charge is 2.63. The van der Waals surface area contributed by atoms with Crippen LogP contribution in [0.15, 0.2) is 0 Å². The van der Waals surface area contributed by atoms with E-state index in [0.29, 0.717) is 23.2 Å². The molecule has 0 heterocycles. The summed E-state index contributed by atoms with van der Waals surface area (Å²) in [6.45, 7) is 14.0. The van der Waals surface area contributed by atoms with E-state index in [-0.39, 0.29) is 5.41 Å². The van der Waals surface area contributed by atoms with Crippen LogP contribution in [0.25, 0.3) is 0 Å². The van der Waals surface area contributed by atoms with Gasteiger partial charge in [-0.05, 0) is 61.7 Å². The lowest BCUT2D eigenvalue weighted by Crippen LogP contribution is -2.64. The molecule has 2 rings (SSSR count). The Hall–Kier alpha value is -0.730. The summed E-state index contributed by atoms with van der Waals surface area (Å²) < 4.78 is 6.09. The summed E-state index contributed by atoms with van der Waals surface area (Å²) in [4.78, 5) is 11.9. The first-order valence-corrected chi connectivity index (χ1v) is 10.1. The third kappa shape index (κ3) is 3.20. The smallest absolute Gasteiger partial charge is 0.405 e. The zero-order valence-corrected chi connectivity index (χ0v) is 16.8. The normalized spacial score (nSPS) is 39.8. The Balaban J connectivity index is 2.44. The second-order valence-electron chi connectivity index (χ2n) is 9.65. The average Bonchev–Trinajstić information content (AvgIpc) is 2.48. The predicted molar refractivity (Wildman–Crippen MR) is 99.7 cm³/mol. The van der Waals surface area contributed by atoms with Crippen molar-refractivity contribution in [1.82, 2.24) is 0 Å². The molecule has 0 saturated heterocycles. The first-order valence-electron chi connectivity index (χ1n) is 10.1. The molecular weight excluding hydrogens is 298 g/mol. The van der Waals surface area contributed by atoms with Crippen molar-refractivity contribution in [3.05, 3.63) is 0 Å². The predicted octanol–water partition coefficient (Wildman–Crippen LogP) is 5.91. The summed E-state index contributed by atoms with van der Waals surface area (Å²) >= 11 is 0. The van der Waals surface area contributed by atoms with Gasteiger partial charge in [0.15, 0.2) is 0 Å². The van der Waals surface area contributed by atoms with Gasteiger partial charge in [0.1, 0.15) is 5.60 Å². The van der Waals surface area contributed by atoms with Crippen LogP contribution in [0.5, 0.6) is 0 Å². The number of carbonyl (C=O) groups excluding carboxylic acids is 1. The third-order valence-corrected chi connectivity index (χ3v) is 7.87. The third-order valence-electron chi connectivity index (χ3n) is 7.87. The van der Waals surface area contributed by atoms with E-state index in [2.05, 4.69) is 41.5 Å². The Morgan fingerprint density at radius 2 is 1.92 bits per heavy atom. The van der Waals surface area contributed by atoms with Gasteiger partial charge < -0.3 is 10.5 Å². The zero-order valence-electron chi connectivity index (χ0n) is 16.8. The Labute approximate surface area is 149 Å². The van der Waals surface area contributed by atoms with Gasteiger partial charge in [0.2, 0.25) is 0 Å². The standard InChI is InChI=1S/C21H39NO2/c1-7-15(2)11-14-21(24-18(22)23)16(3)9-10-17-19(4,5)12-8-13-20(17,21)6/h15-17H,7-14H2,1-6H3,(H2,22,23)/t15-,16+,17+,20+,21-/m1/s1. The molecule has 0 aromatic heterocycles. The van der Waals surface area contributed by atoms with Crippen molar-refractivity contribution in [1.29, 1.82) is 0 Å². The number of hydrogen-bond acceptors (Lipinski definition) is 2. The number of carbonyl (C=O) groups is 1. The van der Waals surface area contributed by atoms with Gasteiger partial charge >= 0.3 is 6.09 Å². The fourth-order valence-corrected chi connectivity index (χ4v) is 6.20. The Morgan fingerprint density at radius 1 is 1.25 bits per heavy atom. The van der Waals surface area contributed by atoms with Gasteiger partial charge in [-0.15, -0.1) is 0 Å². The Bertz CT molecular complexity index is 461. The topological polar surface area (TPSA) is 52.3 Å². The lowest BCUT2D eigenvalue weighted by Gasteiger charge is -2.64. The minimum absolute atomic E-state index is 0.0366. The molecule has 2 N–H and O–H groups in total. The van der Waals surface area contributed by atoms with Crippen molar-refractivity contribution in [3.8, 4) is 0 Å². The van der Waals surface area contributed by atoms with Crippen molar-refractivity contribution >= 4 is 6.09 Å². The van der Waals surface area contributed by atoms with Crippen molar-refractivity contribution in [2.24, 2.45) is 34.3 Å². The van der Waals surface area contributed by atoms with Crippen LogP contribution < -0.4 is 5.73 Å². The fourth-order valence-electron chi connectivity index (χ4n) is 6.20. The number of amides is 1. The van der Waals surface area contributed by atoms with E-state index in [1.165, 1.54) is 25.7 Å². The molecule has 0 aliphatic heterocycles. The molecule has 5 atom stereocenters. The van der Waals surface area contributed by atoms with E-state index >= 15 is 0 Å². The largest absolute Gasteiger partial charge is 0.442 e. The molecule has 2 fully saturated rings. The van der Waals surface area contributed by atoms with E-state index < -0.39 is 11.7 Å². The number of nitrogens with two attached hydrogens (primary N) is 1. The summed E-state index contributed by atoms with van der Waals surface area (Å²) in [5.74, 6) is 1.64. The lowest BCUT2D eigenvalue weighted by atomic mass is 9.44. The van der Waals surface area contributed by atoms with Gasteiger partial charge in [0.25, 0.3) is 0 Å². The maximum Gasteiger partial charge on any atom is 0.405 e. The summed E-state index contributed by atoms with van der Waals surface area (Å²) in [7, 11) is 0. The van der Waals surface area contributed by atoms with E-state index in [1.807, 2.05) is 0 Å². The van der Waals surface area contributed by atoms with Gasteiger partial charge in [-0.3, -0.25) is 0 Å². The SMILES string of the molecule is CC[C@@H](C)CC[C@@]1(OC(N)=O)[C@@H](C)CC[C@H]2C(C)(C)CCC[C@@]21C. The molecule has 0 unspecified atom stereocenters. The van der Waals surface area contributed by atoms with Crippen LogP contribution in [0.4, 0.5) is 4.79 Å². The van der Waals surface area contributed by atoms with E-state index in [4.69, 9.17) is 10.5 Å². The van der Waals surface area contributed by atoms with E-state index in [0.717, 1.165) is 25.7 Å². The van der Waals surface area contributed by atoms with Gasteiger partial charge in [-0.25, -0.2) is 4.79 Å². The fraction of sp³-hybridized carbons (Fsp3) is 0.952. The minimum atomic E-state index is -0.587. The Morgan fingerprint density at radius 3 is 2.50 bits per heavy atom. The molecule has 0 spiro atoms. The summed E-state index contributed by atoms with van der Waals surface area (Å²) in [6, 6.07) is 0. The molecule has 0 bridgehead atoms. The molecule has 3 nitrogen and oxygen atoms in total.